The fraction of sp³-hybridized carbons (Fsp3) is 0.458. The van der Waals surface area contributed by atoms with Gasteiger partial charge < -0.3 is 19.5 Å². The fourth-order valence-electron chi connectivity index (χ4n) is 4.35. The van der Waals surface area contributed by atoms with Crippen molar-refractivity contribution in [1.29, 1.82) is 0 Å². The summed E-state index contributed by atoms with van der Waals surface area (Å²) >= 11 is 0. The van der Waals surface area contributed by atoms with E-state index in [4.69, 9.17) is 14.2 Å². The highest BCUT2D eigenvalue weighted by Crippen LogP contribution is 2.37. The second-order valence-corrected chi connectivity index (χ2v) is 7.92. The Kier molecular flexibility index (Phi) is 6.43. The number of carbonyl (C=O) groups excluding carboxylic acids is 1. The van der Waals surface area contributed by atoms with Gasteiger partial charge in [-0.25, -0.2) is 0 Å². The normalized spacial score (nSPS) is 19.7. The van der Waals surface area contributed by atoms with Crippen molar-refractivity contribution < 1.29 is 19.0 Å². The summed E-state index contributed by atoms with van der Waals surface area (Å²) in [5, 5.41) is 3.12. The first-order valence-electron chi connectivity index (χ1n) is 10.7. The number of rotatable bonds is 6. The summed E-state index contributed by atoms with van der Waals surface area (Å²) in [4.78, 5) is 15.1. The lowest BCUT2D eigenvalue weighted by Crippen LogP contribution is -2.38. The van der Waals surface area contributed by atoms with E-state index in [-0.39, 0.29) is 18.0 Å². The van der Waals surface area contributed by atoms with E-state index in [1.54, 1.807) is 7.11 Å². The monoisotopic (exact) mass is 410 g/mol. The fourth-order valence-corrected chi connectivity index (χ4v) is 4.35. The van der Waals surface area contributed by atoms with Crippen molar-refractivity contribution in [2.75, 3.05) is 33.4 Å². The Morgan fingerprint density at radius 1 is 1.17 bits per heavy atom. The van der Waals surface area contributed by atoms with Crippen molar-refractivity contribution in [3.63, 3.8) is 0 Å². The molecule has 0 aromatic heterocycles. The standard InChI is InChI=1S/C24H30N2O4/c1-17(19-7-3-4-9-21(19)28-2)25-24(27)16-26-12-5-8-20(26)18-10-11-22-23(15-18)30-14-6-13-29-22/h3-4,7,9-11,15,17,20H,5-6,8,12-14,16H2,1-2H3,(H,25,27). The molecule has 2 aliphatic rings. The van der Waals surface area contributed by atoms with Crippen LogP contribution >= 0.6 is 0 Å². The first-order chi connectivity index (χ1) is 14.7. The number of nitrogens with zero attached hydrogens (tertiary/aromatic N) is 1. The van der Waals surface area contributed by atoms with Crippen LogP contribution in [0.1, 0.15) is 49.4 Å². The van der Waals surface area contributed by atoms with E-state index in [1.807, 2.05) is 37.3 Å². The summed E-state index contributed by atoms with van der Waals surface area (Å²) in [5.41, 5.74) is 2.16. The van der Waals surface area contributed by atoms with Crippen molar-refractivity contribution in [3.05, 3.63) is 53.6 Å². The molecule has 2 atom stereocenters. The summed E-state index contributed by atoms with van der Waals surface area (Å²) in [5.74, 6) is 2.43. The molecule has 2 heterocycles. The highest BCUT2D eigenvalue weighted by atomic mass is 16.5. The molecule has 0 radical (unpaired) electrons. The molecule has 6 heteroatoms. The summed E-state index contributed by atoms with van der Waals surface area (Å²) in [6.07, 6.45) is 3.01. The first kappa shape index (κ1) is 20.5. The molecule has 2 unspecified atom stereocenters. The minimum absolute atomic E-state index is 0.0228. The molecule has 1 N–H and O–H groups in total. The highest BCUT2D eigenvalue weighted by molar-refractivity contribution is 5.78. The van der Waals surface area contributed by atoms with Crippen LogP contribution in [0.5, 0.6) is 17.2 Å². The van der Waals surface area contributed by atoms with Crippen LogP contribution in [0.3, 0.4) is 0 Å². The second-order valence-electron chi connectivity index (χ2n) is 7.92. The number of carbonyl (C=O) groups is 1. The average Bonchev–Trinajstić information content (AvgIpc) is 3.08. The number of amides is 1. The van der Waals surface area contributed by atoms with Gasteiger partial charge in [0.05, 0.1) is 32.9 Å². The Balaban J connectivity index is 1.41. The Labute approximate surface area is 178 Å². The maximum absolute atomic E-state index is 12.8. The molecule has 2 aromatic carbocycles. The lowest BCUT2D eigenvalue weighted by Gasteiger charge is -2.26. The molecule has 160 valence electrons. The molecule has 0 saturated carbocycles. The number of hydrogen-bond acceptors (Lipinski definition) is 5. The summed E-state index contributed by atoms with van der Waals surface area (Å²) in [7, 11) is 1.65. The van der Waals surface area contributed by atoms with Gasteiger partial charge in [0.25, 0.3) is 0 Å². The number of benzene rings is 2. The Hall–Kier alpha value is -2.73. The predicted molar refractivity (Wildman–Crippen MR) is 115 cm³/mol. The number of fused-ring (bicyclic) bond motifs is 1. The average molecular weight is 411 g/mol. The Bertz CT molecular complexity index is 885. The molecule has 2 aromatic rings. The van der Waals surface area contributed by atoms with E-state index in [2.05, 4.69) is 22.3 Å². The zero-order valence-electron chi connectivity index (χ0n) is 17.7. The molecule has 4 rings (SSSR count). The number of ether oxygens (including phenoxy) is 3. The van der Waals surface area contributed by atoms with Gasteiger partial charge in [0, 0.05) is 18.0 Å². The van der Waals surface area contributed by atoms with Gasteiger partial charge in [-0.15, -0.1) is 0 Å². The van der Waals surface area contributed by atoms with Crippen LogP contribution in [0.4, 0.5) is 0 Å². The van der Waals surface area contributed by atoms with Crippen LogP contribution in [0.15, 0.2) is 42.5 Å². The zero-order chi connectivity index (χ0) is 20.9. The molecule has 1 amide bonds. The van der Waals surface area contributed by atoms with E-state index in [1.165, 1.54) is 5.56 Å². The van der Waals surface area contributed by atoms with Crippen molar-refractivity contribution in [2.24, 2.45) is 0 Å². The third-order valence-electron chi connectivity index (χ3n) is 5.85. The van der Waals surface area contributed by atoms with Gasteiger partial charge in [-0.2, -0.15) is 0 Å². The maximum atomic E-state index is 12.8. The van der Waals surface area contributed by atoms with Gasteiger partial charge in [-0.1, -0.05) is 24.3 Å². The summed E-state index contributed by atoms with van der Waals surface area (Å²) < 4.78 is 17.0. The number of methoxy groups -OCH3 is 1. The van der Waals surface area contributed by atoms with Crippen LogP contribution in [-0.2, 0) is 4.79 Å². The molecule has 1 saturated heterocycles. The third kappa shape index (κ3) is 4.54. The number of hydrogen-bond donors (Lipinski definition) is 1. The minimum Gasteiger partial charge on any atom is -0.496 e. The quantitative estimate of drug-likeness (QED) is 0.783. The van der Waals surface area contributed by atoms with Crippen molar-refractivity contribution in [2.45, 2.75) is 38.3 Å². The molecule has 0 bridgehead atoms. The van der Waals surface area contributed by atoms with Crippen LogP contribution < -0.4 is 19.5 Å². The van der Waals surface area contributed by atoms with E-state index >= 15 is 0 Å². The Morgan fingerprint density at radius 3 is 2.80 bits per heavy atom. The molecule has 0 aliphatic carbocycles. The van der Waals surface area contributed by atoms with Crippen molar-refractivity contribution in [3.8, 4) is 17.2 Å². The molecule has 0 spiro atoms. The van der Waals surface area contributed by atoms with Gasteiger partial charge in [0.2, 0.25) is 5.91 Å². The van der Waals surface area contributed by atoms with Crippen LogP contribution in [0.2, 0.25) is 0 Å². The van der Waals surface area contributed by atoms with Gasteiger partial charge in [-0.3, -0.25) is 9.69 Å². The number of para-hydroxylation sites is 1. The molecular formula is C24H30N2O4. The topological polar surface area (TPSA) is 60.0 Å². The third-order valence-corrected chi connectivity index (χ3v) is 5.85. The number of likely N-dealkylation sites (tertiary alicyclic amines) is 1. The predicted octanol–water partition coefficient (Wildman–Crippen LogP) is 3.87. The highest BCUT2D eigenvalue weighted by Gasteiger charge is 2.29. The summed E-state index contributed by atoms with van der Waals surface area (Å²) in [6.45, 7) is 4.63. The molecule has 1 fully saturated rings. The zero-order valence-corrected chi connectivity index (χ0v) is 17.7. The van der Waals surface area contributed by atoms with E-state index in [0.717, 1.165) is 48.6 Å². The molecule has 2 aliphatic heterocycles. The van der Waals surface area contributed by atoms with E-state index in [9.17, 15) is 4.79 Å². The lowest BCUT2D eigenvalue weighted by atomic mass is 10.0. The van der Waals surface area contributed by atoms with Crippen molar-refractivity contribution in [1.82, 2.24) is 10.2 Å². The van der Waals surface area contributed by atoms with E-state index < -0.39 is 0 Å². The SMILES string of the molecule is COc1ccccc1C(C)NC(=O)CN1CCCC1c1ccc2c(c1)OCCCO2. The Morgan fingerprint density at radius 2 is 1.97 bits per heavy atom. The molecule has 6 nitrogen and oxygen atoms in total. The minimum atomic E-state index is -0.118. The van der Waals surface area contributed by atoms with Crippen LogP contribution in [0, 0.1) is 0 Å². The van der Waals surface area contributed by atoms with Gasteiger partial charge in [-0.05, 0) is 50.1 Å². The van der Waals surface area contributed by atoms with Gasteiger partial charge in [0.1, 0.15) is 5.75 Å². The van der Waals surface area contributed by atoms with E-state index in [0.29, 0.717) is 19.8 Å². The lowest BCUT2D eigenvalue weighted by molar-refractivity contribution is -0.123. The first-order valence-corrected chi connectivity index (χ1v) is 10.7. The maximum Gasteiger partial charge on any atom is 0.234 e. The second kappa shape index (κ2) is 9.39. The molecular weight excluding hydrogens is 380 g/mol. The molecule has 30 heavy (non-hydrogen) atoms. The van der Waals surface area contributed by atoms with Crippen molar-refractivity contribution >= 4 is 5.91 Å². The summed E-state index contributed by atoms with van der Waals surface area (Å²) in [6, 6.07) is 14.1. The smallest absolute Gasteiger partial charge is 0.234 e. The van der Waals surface area contributed by atoms with Gasteiger partial charge in [0.15, 0.2) is 11.5 Å². The number of nitrogens with one attached hydrogen (secondary N) is 1. The largest absolute Gasteiger partial charge is 0.496 e. The van der Waals surface area contributed by atoms with Crippen LogP contribution in [-0.4, -0.2) is 44.2 Å². The van der Waals surface area contributed by atoms with Crippen LogP contribution in [0.25, 0.3) is 0 Å². The van der Waals surface area contributed by atoms with Gasteiger partial charge >= 0.3 is 0 Å².